The van der Waals surface area contributed by atoms with Crippen LogP contribution in [-0.4, -0.2) is 31.6 Å². The first-order valence-electron chi connectivity index (χ1n) is 6.87. The van der Waals surface area contributed by atoms with Crippen molar-refractivity contribution in [1.29, 1.82) is 0 Å². The summed E-state index contributed by atoms with van der Waals surface area (Å²) in [6, 6.07) is 12.1. The number of hydrogen-bond donors (Lipinski definition) is 1. The van der Waals surface area contributed by atoms with E-state index in [0.29, 0.717) is 10.8 Å². The summed E-state index contributed by atoms with van der Waals surface area (Å²) in [6.07, 6.45) is 0. The quantitative estimate of drug-likeness (QED) is 0.717. The van der Waals surface area contributed by atoms with E-state index in [1.54, 1.807) is 28.8 Å². The fourth-order valence-electron chi connectivity index (χ4n) is 2.14. The molecule has 24 heavy (non-hydrogen) atoms. The Hall–Kier alpha value is -2.74. The molecule has 3 aromatic rings. The molecule has 0 saturated heterocycles. The van der Waals surface area contributed by atoms with Crippen molar-refractivity contribution in [3.63, 3.8) is 0 Å². The van der Waals surface area contributed by atoms with E-state index in [1.165, 1.54) is 6.07 Å². The van der Waals surface area contributed by atoms with Crippen LogP contribution < -0.4 is 0 Å². The second-order valence-electron chi connectivity index (χ2n) is 4.78. The molecular formula is C16H11F2N3O2S. The molecule has 1 heterocycles. The third kappa shape index (κ3) is 3.28. The van der Waals surface area contributed by atoms with E-state index < -0.39 is 17.6 Å². The van der Waals surface area contributed by atoms with Gasteiger partial charge < -0.3 is 5.11 Å². The summed E-state index contributed by atoms with van der Waals surface area (Å²) in [6.45, 7) is 0. The van der Waals surface area contributed by atoms with E-state index in [-0.39, 0.29) is 17.1 Å². The molecule has 5 nitrogen and oxygen atoms in total. The monoisotopic (exact) mass is 347 g/mol. The van der Waals surface area contributed by atoms with Crippen molar-refractivity contribution in [2.24, 2.45) is 0 Å². The maximum atomic E-state index is 14.1. The van der Waals surface area contributed by atoms with E-state index in [2.05, 4.69) is 10.2 Å². The van der Waals surface area contributed by atoms with Gasteiger partial charge in [-0.15, -0.1) is 10.2 Å². The highest BCUT2D eigenvalue weighted by Crippen LogP contribution is 2.29. The van der Waals surface area contributed by atoms with Gasteiger partial charge in [0.05, 0.1) is 11.3 Å². The Morgan fingerprint density at radius 3 is 2.54 bits per heavy atom. The molecule has 2 aromatic carbocycles. The first kappa shape index (κ1) is 16.1. The molecule has 0 saturated carbocycles. The molecule has 0 aliphatic heterocycles. The predicted molar refractivity (Wildman–Crippen MR) is 85.1 cm³/mol. The Morgan fingerprint density at radius 2 is 1.88 bits per heavy atom. The predicted octanol–water partition coefficient (Wildman–Crippen LogP) is 3.39. The SMILES string of the molecule is O=C(O)CSc1nnc(-c2ccc(F)cc2F)n1-c1ccccc1. The smallest absolute Gasteiger partial charge is 0.313 e. The van der Waals surface area contributed by atoms with Gasteiger partial charge in [-0.2, -0.15) is 0 Å². The minimum Gasteiger partial charge on any atom is -0.481 e. The van der Waals surface area contributed by atoms with Gasteiger partial charge in [-0.3, -0.25) is 9.36 Å². The van der Waals surface area contributed by atoms with Gasteiger partial charge in [-0.05, 0) is 24.3 Å². The van der Waals surface area contributed by atoms with Crippen molar-refractivity contribution in [3.05, 3.63) is 60.2 Å². The van der Waals surface area contributed by atoms with E-state index in [9.17, 15) is 13.6 Å². The molecule has 122 valence electrons. The number of carboxylic acids is 1. The lowest BCUT2D eigenvalue weighted by Gasteiger charge is -2.10. The van der Waals surface area contributed by atoms with Crippen LogP contribution in [0.25, 0.3) is 17.1 Å². The van der Waals surface area contributed by atoms with Crippen LogP contribution in [0.2, 0.25) is 0 Å². The van der Waals surface area contributed by atoms with Gasteiger partial charge in [0, 0.05) is 11.8 Å². The molecule has 0 aliphatic carbocycles. The van der Waals surface area contributed by atoms with Crippen LogP contribution in [0.1, 0.15) is 0 Å². The number of para-hydroxylation sites is 1. The summed E-state index contributed by atoms with van der Waals surface area (Å²) in [5.41, 5.74) is 0.726. The molecule has 3 rings (SSSR count). The molecule has 0 spiro atoms. The van der Waals surface area contributed by atoms with Crippen molar-refractivity contribution in [2.45, 2.75) is 5.16 Å². The van der Waals surface area contributed by atoms with Gasteiger partial charge in [-0.1, -0.05) is 30.0 Å². The summed E-state index contributed by atoms with van der Waals surface area (Å²) < 4.78 is 28.8. The van der Waals surface area contributed by atoms with E-state index in [1.807, 2.05) is 6.07 Å². The Morgan fingerprint density at radius 1 is 1.12 bits per heavy atom. The number of benzene rings is 2. The average molecular weight is 347 g/mol. The number of nitrogens with zero attached hydrogens (tertiary/aromatic N) is 3. The molecule has 0 unspecified atom stereocenters. The highest BCUT2D eigenvalue weighted by molar-refractivity contribution is 7.99. The highest BCUT2D eigenvalue weighted by atomic mass is 32.2. The molecule has 8 heteroatoms. The first-order chi connectivity index (χ1) is 11.6. The molecule has 0 radical (unpaired) electrons. The van der Waals surface area contributed by atoms with Crippen LogP contribution in [0, 0.1) is 11.6 Å². The summed E-state index contributed by atoms with van der Waals surface area (Å²) in [4.78, 5) is 10.8. The molecular weight excluding hydrogens is 336 g/mol. The lowest BCUT2D eigenvalue weighted by atomic mass is 10.2. The fraction of sp³-hybridized carbons (Fsp3) is 0.0625. The summed E-state index contributed by atoms with van der Waals surface area (Å²) in [5.74, 6) is -2.50. The molecule has 0 amide bonds. The number of aliphatic carboxylic acids is 1. The van der Waals surface area contributed by atoms with Crippen LogP contribution >= 0.6 is 11.8 Å². The second kappa shape index (κ2) is 6.79. The molecule has 0 atom stereocenters. The number of thioether (sulfide) groups is 1. The summed E-state index contributed by atoms with van der Waals surface area (Å²) >= 11 is 0.968. The topological polar surface area (TPSA) is 68.0 Å². The lowest BCUT2D eigenvalue weighted by Crippen LogP contribution is -2.03. The first-order valence-corrected chi connectivity index (χ1v) is 7.85. The van der Waals surface area contributed by atoms with E-state index >= 15 is 0 Å². The van der Waals surface area contributed by atoms with E-state index in [4.69, 9.17) is 5.11 Å². The van der Waals surface area contributed by atoms with Crippen molar-refractivity contribution in [1.82, 2.24) is 14.8 Å². The lowest BCUT2D eigenvalue weighted by molar-refractivity contribution is -0.133. The van der Waals surface area contributed by atoms with Gasteiger partial charge in [0.1, 0.15) is 11.6 Å². The summed E-state index contributed by atoms with van der Waals surface area (Å²) in [5, 5.41) is 17.1. The Kier molecular flexibility index (Phi) is 4.57. The zero-order valence-corrected chi connectivity index (χ0v) is 13.0. The molecule has 1 N–H and O–H groups in total. The average Bonchev–Trinajstić information content (AvgIpc) is 2.97. The number of rotatable bonds is 5. The number of hydrogen-bond acceptors (Lipinski definition) is 4. The van der Waals surface area contributed by atoms with Crippen molar-refractivity contribution >= 4 is 17.7 Å². The normalized spacial score (nSPS) is 10.8. The third-order valence-corrected chi connectivity index (χ3v) is 4.06. The largest absolute Gasteiger partial charge is 0.481 e. The van der Waals surface area contributed by atoms with Gasteiger partial charge in [-0.25, -0.2) is 8.78 Å². The highest BCUT2D eigenvalue weighted by Gasteiger charge is 2.19. The number of halogens is 2. The third-order valence-electron chi connectivity index (χ3n) is 3.14. The van der Waals surface area contributed by atoms with Gasteiger partial charge >= 0.3 is 5.97 Å². The molecule has 0 aliphatic rings. The molecule has 0 bridgehead atoms. The summed E-state index contributed by atoms with van der Waals surface area (Å²) in [7, 11) is 0. The zero-order chi connectivity index (χ0) is 17.1. The molecule has 0 fully saturated rings. The van der Waals surface area contributed by atoms with Crippen LogP contribution in [0.15, 0.2) is 53.7 Å². The van der Waals surface area contributed by atoms with Crippen LogP contribution in [0.4, 0.5) is 8.78 Å². The van der Waals surface area contributed by atoms with Crippen LogP contribution in [-0.2, 0) is 4.79 Å². The van der Waals surface area contributed by atoms with Crippen molar-refractivity contribution in [3.8, 4) is 17.1 Å². The minimum atomic E-state index is -1.00. The second-order valence-corrected chi connectivity index (χ2v) is 5.73. The van der Waals surface area contributed by atoms with Gasteiger partial charge in [0.2, 0.25) is 0 Å². The maximum Gasteiger partial charge on any atom is 0.313 e. The number of aromatic nitrogens is 3. The number of carbonyl (C=O) groups is 1. The van der Waals surface area contributed by atoms with Gasteiger partial charge in [0.15, 0.2) is 11.0 Å². The van der Waals surface area contributed by atoms with Crippen LogP contribution in [0.3, 0.4) is 0 Å². The van der Waals surface area contributed by atoms with E-state index in [0.717, 1.165) is 23.9 Å². The maximum absolute atomic E-state index is 14.1. The van der Waals surface area contributed by atoms with Gasteiger partial charge in [0.25, 0.3) is 0 Å². The van der Waals surface area contributed by atoms with Crippen LogP contribution in [0.5, 0.6) is 0 Å². The Labute approximate surface area is 140 Å². The Bertz CT molecular complexity index is 884. The zero-order valence-electron chi connectivity index (χ0n) is 12.2. The Balaban J connectivity index is 2.14. The fourth-order valence-corrected chi connectivity index (χ4v) is 2.82. The minimum absolute atomic E-state index is 0.0786. The van der Waals surface area contributed by atoms with Crippen molar-refractivity contribution < 1.29 is 18.7 Å². The molecule has 1 aromatic heterocycles. The number of carboxylic acid groups (broad SMARTS) is 1. The van der Waals surface area contributed by atoms with Crippen molar-refractivity contribution in [2.75, 3.05) is 5.75 Å². The standard InChI is InChI=1S/C16H11F2N3O2S/c17-10-6-7-12(13(18)8-10)15-19-20-16(24-9-14(22)23)21(15)11-4-2-1-3-5-11/h1-8H,9H2,(H,22,23).